The molecule has 1 fully saturated rings. The topological polar surface area (TPSA) is 75.8 Å². The molecule has 8 heteroatoms. The van der Waals surface area contributed by atoms with Crippen LogP contribution in [-0.4, -0.2) is 48.3 Å². The van der Waals surface area contributed by atoms with Gasteiger partial charge in [0.05, 0.1) is 12.2 Å². The lowest BCUT2D eigenvalue weighted by atomic mass is 9.90. The van der Waals surface area contributed by atoms with Crippen molar-refractivity contribution >= 4 is 5.91 Å². The molecule has 5 nitrogen and oxygen atoms in total. The van der Waals surface area contributed by atoms with Crippen LogP contribution in [0.1, 0.15) is 18.1 Å². The Bertz CT molecular complexity index is 575. The highest BCUT2D eigenvalue weighted by Gasteiger charge is 2.39. The number of carbonyl (C=O) groups is 1. The summed E-state index contributed by atoms with van der Waals surface area (Å²) in [6.45, 7) is 2.03. The summed E-state index contributed by atoms with van der Waals surface area (Å²) in [7, 11) is 0. The van der Waals surface area contributed by atoms with Crippen LogP contribution in [0, 0.1) is 0 Å². The third kappa shape index (κ3) is 4.21. The normalized spacial score (nSPS) is 22.6. The van der Waals surface area contributed by atoms with Crippen molar-refractivity contribution in [3.63, 3.8) is 0 Å². The summed E-state index contributed by atoms with van der Waals surface area (Å²) in [5, 5.41) is 10.6. The number of halogens is 3. The van der Waals surface area contributed by atoms with Crippen LogP contribution in [0.15, 0.2) is 24.3 Å². The average molecular weight is 332 g/mol. The number of carbonyl (C=O) groups excluding carboxylic acids is 1. The van der Waals surface area contributed by atoms with E-state index in [-0.39, 0.29) is 25.3 Å². The number of morpholine rings is 1. The summed E-state index contributed by atoms with van der Waals surface area (Å²) in [6.07, 6.45) is -5.38. The molecular weight excluding hydrogens is 313 g/mol. The van der Waals surface area contributed by atoms with Crippen LogP contribution in [0.4, 0.5) is 13.2 Å². The minimum Gasteiger partial charge on any atom is -0.384 e. The van der Waals surface area contributed by atoms with Gasteiger partial charge in [-0.05, 0) is 18.6 Å². The van der Waals surface area contributed by atoms with Crippen LogP contribution in [0.3, 0.4) is 0 Å². The van der Waals surface area contributed by atoms with Crippen LogP contribution in [0.2, 0.25) is 0 Å². The fourth-order valence-corrected chi connectivity index (χ4v) is 2.74. The van der Waals surface area contributed by atoms with E-state index < -0.39 is 29.4 Å². The number of ether oxygens (including phenoxy) is 1. The molecule has 2 unspecified atom stereocenters. The Labute approximate surface area is 131 Å². The zero-order valence-corrected chi connectivity index (χ0v) is 12.6. The molecule has 128 valence electrons. The molecule has 1 heterocycles. The van der Waals surface area contributed by atoms with E-state index >= 15 is 0 Å². The van der Waals surface area contributed by atoms with Gasteiger partial charge in [-0.3, -0.25) is 9.69 Å². The molecule has 0 radical (unpaired) electrons. The first-order chi connectivity index (χ1) is 10.6. The Morgan fingerprint density at radius 2 is 2.00 bits per heavy atom. The van der Waals surface area contributed by atoms with E-state index in [9.17, 15) is 23.1 Å². The monoisotopic (exact) mass is 332 g/mol. The molecule has 2 atom stereocenters. The Morgan fingerprint density at radius 1 is 1.39 bits per heavy atom. The van der Waals surface area contributed by atoms with Gasteiger partial charge in [-0.1, -0.05) is 18.2 Å². The van der Waals surface area contributed by atoms with Crippen molar-refractivity contribution in [3.8, 4) is 0 Å². The molecule has 0 saturated carbocycles. The van der Waals surface area contributed by atoms with Gasteiger partial charge in [0.2, 0.25) is 5.91 Å². The van der Waals surface area contributed by atoms with Crippen LogP contribution in [0.5, 0.6) is 0 Å². The lowest BCUT2D eigenvalue weighted by Gasteiger charge is -2.37. The molecule has 1 aromatic rings. The first-order valence-corrected chi connectivity index (χ1v) is 7.13. The molecule has 2 rings (SSSR count). The van der Waals surface area contributed by atoms with Crippen molar-refractivity contribution in [3.05, 3.63) is 35.4 Å². The number of benzene rings is 1. The molecule has 23 heavy (non-hydrogen) atoms. The highest BCUT2D eigenvalue weighted by atomic mass is 19.4. The third-order valence-electron chi connectivity index (χ3n) is 3.81. The predicted octanol–water partition coefficient (Wildman–Crippen LogP) is 1.10. The molecule has 1 aromatic carbocycles. The number of aliphatic hydroxyl groups is 1. The molecule has 0 aromatic heterocycles. The van der Waals surface area contributed by atoms with Gasteiger partial charge in [-0.2, -0.15) is 13.2 Å². The number of nitrogens with zero attached hydrogens (tertiary/aromatic N) is 1. The highest BCUT2D eigenvalue weighted by Crippen LogP contribution is 2.37. The third-order valence-corrected chi connectivity index (χ3v) is 3.81. The number of alkyl halides is 3. The van der Waals surface area contributed by atoms with E-state index in [1.54, 1.807) is 4.90 Å². The second-order valence-electron chi connectivity index (χ2n) is 5.81. The number of rotatable bonds is 4. The average Bonchev–Trinajstić information content (AvgIpc) is 2.46. The SMILES string of the molecule is CC(O)(CN1CCOC(C(N)=O)C1)c1ccccc1C(F)(F)F. The molecule has 0 spiro atoms. The van der Waals surface area contributed by atoms with Crippen LogP contribution in [-0.2, 0) is 21.3 Å². The largest absolute Gasteiger partial charge is 0.416 e. The number of hydrogen-bond donors (Lipinski definition) is 2. The molecule has 1 saturated heterocycles. The standard InChI is InChI=1S/C15H19F3N2O3/c1-14(22,9-20-6-7-23-12(8-20)13(19)21)10-4-2-3-5-11(10)15(16,17)18/h2-5,12,22H,6-9H2,1H3,(H2,19,21). The Kier molecular flexibility index (Phi) is 4.98. The van der Waals surface area contributed by atoms with E-state index in [1.807, 2.05) is 0 Å². The first kappa shape index (κ1) is 17.7. The van der Waals surface area contributed by atoms with Crippen molar-refractivity contribution in [1.29, 1.82) is 0 Å². The number of nitrogens with two attached hydrogens (primary N) is 1. The minimum absolute atomic E-state index is 0.0623. The van der Waals surface area contributed by atoms with Gasteiger partial charge < -0.3 is 15.6 Å². The van der Waals surface area contributed by atoms with Gasteiger partial charge >= 0.3 is 6.18 Å². The number of amides is 1. The Balaban J connectivity index is 2.21. The number of β-amino-alcohol motifs (C(OH)–C–C–N with tert-alkyl or cyclic N) is 1. The second-order valence-corrected chi connectivity index (χ2v) is 5.81. The van der Waals surface area contributed by atoms with Gasteiger partial charge in [0.15, 0.2) is 0 Å². The summed E-state index contributed by atoms with van der Waals surface area (Å²) in [6, 6.07) is 4.93. The van der Waals surface area contributed by atoms with Crippen molar-refractivity contribution in [2.24, 2.45) is 5.73 Å². The Morgan fingerprint density at radius 3 is 2.57 bits per heavy atom. The maximum absolute atomic E-state index is 13.1. The molecule has 1 amide bonds. The van der Waals surface area contributed by atoms with Crippen molar-refractivity contribution in [1.82, 2.24) is 4.90 Å². The molecule has 1 aliphatic heterocycles. The summed E-state index contributed by atoms with van der Waals surface area (Å²) < 4.78 is 44.5. The van der Waals surface area contributed by atoms with Crippen LogP contribution >= 0.6 is 0 Å². The highest BCUT2D eigenvalue weighted by molar-refractivity contribution is 5.79. The second kappa shape index (κ2) is 6.46. The zero-order valence-electron chi connectivity index (χ0n) is 12.6. The van der Waals surface area contributed by atoms with Crippen LogP contribution < -0.4 is 5.73 Å². The summed E-state index contributed by atoms with van der Waals surface area (Å²) in [4.78, 5) is 12.9. The number of primary amides is 1. The fourth-order valence-electron chi connectivity index (χ4n) is 2.74. The fraction of sp³-hybridized carbons (Fsp3) is 0.533. The van der Waals surface area contributed by atoms with E-state index in [0.717, 1.165) is 6.07 Å². The molecule has 1 aliphatic rings. The van der Waals surface area contributed by atoms with Gasteiger partial charge in [0, 0.05) is 19.6 Å². The van der Waals surface area contributed by atoms with E-state index in [4.69, 9.17) is 10.5 Å². The predicted molar refractivity (Wildman–Crippen MR) is 76.4 cm³/mol. The number of hydrogen-bond acceptors (Lipinski definition) is 4. The van der Waals surface area contributed by atoms with Crippen molar-refractivity contribution in [2.45, 2.75) is 24.8 Å². The van der Waals surface area contributed by atoms with E-state index in [2.05, 4.69) is 0 Å². The minimum atomic E-state index is -4.55. The van der Waals surface area contributed by atoms with Crippen molar-refractivity contribution in [2.75, 3.05) is 26.2 Å². The van der Waals surface area contributed by atoms with Gasteiger partial charge in [0.25, 0.3) is 0 Å². The van der Waals surface area contributed by atoms with E-state index in [0.29, 0.717) is 6.54 Å². The molecule has 3 N–H and O–H groups in total. The van der Waals surface area contributed by atoms with Gasteiger partial charge in [-0.15, -0.1) is 0 Å². The summed E-state index contributed by atoms with van der Waals surface area (Å²) in [5.74, 6) is -0.634. The summed E-state index contributed by atoms with van der Waals surface area (Å²) >= 11 is 0. The molecule has 0 bridgehead atoms. The first-order valence-electron chi connectivity index (χ1n) is 7.13. The lowest BCUT2D eigenvalue weighted by molar-refractivity contribution is -0.142. The Hall–Kier alpha value is -1.64. The molecular formula is C15H19F3N2O3. The van der Waals surface area contributed by atoms with E-state index in [1.165, 1.54) is 25.1 Å². The maximum atomic E-state index is 13.1. The summed E-state index contributed by atoms with van der Waals surface area (Å²) in [5.41, 5.74) is 2.38. The van der Waals surface area contributed by atoms with Crippen molar-refractivity contribution < 1.29 is 27.8 Å². The lowest BCUT2D eigenvalue weighted by Crippen LogP contribution is -2.52. The quantitative estimate of drug-likeness (QED) is 0.866. The van der Waals surface area contributed by atoms with Gasteiger partial charge in [-0.25, -0.2) is 0 Å². The van der Waals surface area contributed by atoms with Gasteiger partial charge in [0.1, 0.15) is 11.7 Å². The maximum Gasteiger partial charge on any atom is 0.416 e. The van der Waals surface area contributed by atoms with Crippen LogP contribution in [0.25, 0.3) is 0 Å². The molecule has 0 aliphatic carbocycles. The smallest absolute Gasteiger partial charge is 0.384 e. The zero-order chi connectivity index (χ0) is 17.3.